The quantitative estimate of drug-likeness (QED) is 0.160. The maximum Gasteiger partial charge on any atom is 0.442 e. The van der Waals surface area contributed by atoms with E-state index in [1.807, 2.05) is 0 Å². The molecule has 0 aliphatic heterocycles. The smallest absolute Gasteiger partial charge is 0.189 e. The molecule has 0 aliphatic carbocycles. The van der Waals surface area contributed by atoms with Gasteiger partial charge in [0.2, 0.25) is 0 Å². The van der Waals surface area contributed by atoms with Gasteiger partial charge in [-0.05, 0) is 143 Å². The normalized spacial score (nSPS) is 13.5. The van der Waals surface area contributed by atoms with Gasteiger partial charge in [-0.2, -0.15) is 14.7 Å². The zero-order chi connectivity index (χ0) is 38.5. The van der Waals surface area contributed by atoms with Crippen LogP contribution in [0.2, 0.25) is 0 Å². The van der Waals surface area contributed by atoms with E-state index in [1.165, 1.54) is 11.1 Å². The maximum atomic E-state index is 11.7. The highest BCUT2D eigenvalue weighted by Gasteiger charge is 2.43. The van der Waals surface area contributed by atoms with Gasteiger partial charge in [-0.1, -0.05) is 132 Å². The third-order valence-corrected chi connectivity index (χ3v) is 12.0. The Kier molecular flexibility index (Phi) is 9.16. The minimum atomic E-state index is -4.63. The Morgan fingerprint density at radius 3 is 1.27 bits per heavy atom. The summed E-state index contributed by atoms with van der Waals surface area (Å²) in [6.07, 6.45) is 0. The van der Waals surface area contributed by atoms with Crippen molar-refractivity contribution in [2.45, 2.75) is 119 Å². The molecule has 0 atom stereocenters. The van der Waals surface area contributed by atoms with E-state index in [9.17, 15) is 14.7 Å². The second kappa shape index (κ2) is 12.5. The molecule has 0 aliphatic rings. The summed E-state index contributed by atoms with van der Waals surface area (Å²) < 4.78 is 0. The van der Waals surface area contributed by atoms with Gasteiger partial charge in [0.1, 0.15) is 0 Å². The molecule has 0 bridgehead atoms. The minimum Gasteiger partial charge on any atom is -0.189 e. The van der Waals surface area contributed by atoms with Crippen molar-refractivity contribution < 1.29 is 14.7 Å². The highest BCUT2D eigenvalue weighted by molar-refractivity contribution is 7.67. The molecule has 52 heavy (non-hydrogen) atoms. The number of fused-ring (bicyclic) bond motifs is 3. The number of hydrogen-bond donors (Lipinski definition) is 3. The molecule has 0 unspecified atom stereocenters. The summed E-state index contributed by atoms with van der Waals surface area (Å²) in [7, 11) is -4.63. The van der Waals surface area contributed by atoms with E-state index in [0.717, 1.165) is 65.7 Å². The molecule has 0 aromatic heterocycles. The first-order chi connectivity index (χ1) is 23.7. The lowest BCUT2D eigenvalue weighted by Crippen LogP contribution is -2.22. The fraction of sp³-hybridized carbons (Fsp3) is 0.375. The van der Waals surface area contributed by atoms with Crippen LogP contribution in [0, 0.1) is 13.8 Å². The number of benzene rings is 6. The van der Waals surface area contributed by atoms with Crippen molar-refractivity contribution in [3.8, 4) is 22.3 Å². The molecule has 0 amide bonds. The highest BCUT2D eigenvalue weighted by atomic mass is 31.2. The summed E-state index contributed by atoms with van der Waals surface area (Å²) in [5.74, 6) is 0. The molecule has 0 saturated heterocycles. The Morgan fingerprint density at radius 1 is 0.404 bits per heavy atom. The van der Waals surface area contributed by atoms with Crippen LogP contribution < -0.4 is 5.30 Å². The molecule has 4 heteroatoms. The molecule has 0 heterocycles. The molecule has 0 spiro atoms. The van der Waals surface area contributed by atoms with Crippen molar-refractivity contribution in [2.24, 2.45) is 0 Å². The Morgan fingerprint density at radius 2 is 0.827 bits per heavy atom. The highest BCUT2D eigenvalue weighted by Crippen LogP contribution is 2.54. The van der Waals surface area contributed by atoms with E-state index in [-0.39, 0.29) is 27.0 Å². The van der Waals surface area contributed by atoms with Crippen LogP contribution in [0.25, 0.3) is 54.6 Å². The van der Waals surface area contributed by atoms with Gasteiger partial charge >= 0.3 is 7.94 Å². The van der Waals surface area contributed by atoms with Crippen molar-refractivity contribution in [3.63, 3.8) is 0 Å². The Hall–Kier alpha value is -3.59. The van der Waals surface area contributed by atoms with Gasteiger partial charge < -0.3 is 0 Å². The molecule has 3 N–H and O–H groups in total. The standard InChI is InChI=1S/C48H58O3P/c1-28-19-34-25-39(38-23-30-15-17-35(45(3,4)5)21-32(30)26-41(38)47(9,10)11)44(52(49,50)51)43(37(34)20-29(28)2)40-24-31-16-18-36(46(6,7)8)22-33(31)27-42(40)48(12,13)14/h15-27,49-51H,1-14H3/q+1. The van der Waals surface area contributed by atoms with E-state index in [2.05, 4.69) is 176 Å². The fourth-order valence-electron chi connectivity index (χ4n) is 7.65. The lowest BCUT2D eigenvalue weighted by atomic mass is 9.76. The van der Waals surface area contributed by atoms with Gasteiger partial charge in [0.15, 0.2) is 5.30 Å². The zero-order valence-corrected chi connectivity index (χ0v) is 34.7. The summed E-state index contributed by atoms with van der Waals surface area (Å²) in [4.78, 5) is 35.2. The van der Waals surface area contributed by atoms with Crippen LogP contribution in [0.1, 0.15) is 116 Å². The van der Waals surface area contributed by atoms with Crippen molar-refractivity contribution in [1.82, 2.24) is 0 Å². The van der Waals surface area contributed by atoms with E-state index in [1.54, 1.807) is 0 Å². The van der Waals surface area contributed by atoms with Crippen LogP contribution >= 0.6 is 7.94 Å². The third kappa shape index (κ3) is 7.06. The zero-order valence-electron chi connectivity index (χ0n) is 33.8. The SMILES string of the molecule is Cc1cc2cc(-c3cc4ccc(C(C)(C)C)cc4cc3C(C)(C)C)c([P+](O)(O)O)c(-c3cc4ccc(C(C)(C)C)cc4cc3C(C)(C)C)c2cc1C. The summed E-state index contributed by atoms with van der Waals surface area (Å²) >= 11 is 0. The van der Waals surface area contributed by atoms with Crippen LogP contribution in [-0.2, 0) is 21.7 Å². The summed E-state index contributed by atoms with van der Waals surface area (Å²) in [6, 6.07) is 28.7. The average Bonchev–Trinajstić information content (AvgIpc) is 3.00. The summed E-state index contributed by atoms with van der Waals surface area (Å²) in [6.45, 7) is 30.8. The van der Waals surface area contributed by atoms with E-state index < -0.39 is 7.94 Å². The third-order valence-electron chi connectivity index (χ3n) is 10.9. The maximum absolute atomic E-state index is 11.7. The predicted octanol–water partition coefficient (Wildman–Crippen LogP) is 12.7. The Balaban J connectivity index is 1.83. The Bertz CT molecular complexity index is 2380. The first-order valence-electron chi connectivity index (χ1n) is 18.6. The van der Waals surface area contributed by atoms with E-state index >= 15 is 0 Å². The summed E-state index contributed by atoms with van der Waals surface area (Å²) in [5, 5.41) is 6.52. The van der Waals surface area contributed by atoms with Crippen LogP contribution in [0.4, 0.5) is 0 Å². The molecule has 3 nitrogen and oxygen atoms in total. The second-order valence-electron chi connectivity index (χ2n) is 19.3. The van der Waals surface area contributed by atoms with Crippen molar-refractivity contribution in [1.29, 1.82) is 0 Å². The minimum absolute atomic E-state index is 0.00115. The van der Waals surface area contributed by atoms with Crippen molar-refractivity contribution >= 4 is 45.6 Å². The van der Waals surface area contributed by atoms with Gasteiger partial charge in [-0.15, -0.1) is 0 Å². The van der Waals surface area contributed by atoms with Gasteiger partial charge in [0.25, 0.3) is 0 Å². The van der Waals surface area contributed by atoms with E-state index in [0.29, 0.717) is 11.1 Å². The molecule has 0 radical (unpaired) electrons. The number of hydrogen-bond acceptors (Lipinski definition) is 3. The number of rotatable bonds is 3. The molecular formula is C48H58O3P+. The van der Waals surface area contributed by atoms with Crippen LogP contribution in [0.5, 0.6) is 0 Å². The molecule has 6 rings (SSSR count). The molecule has 0 saturated carbocycles. The van der Waals surface area contributed by atoms with Gasteiger partial charge in [0.05, 0.1) is 0 Å². The summed E-state index contributed by atoms with van der Waals surface area (Å²) in [5.41, 5.74) is 9.50. The van der Waals surface area contributed by atoms with Gasteiger partial charge in [-0.3, -0.25) is 0 Å². The van der Waals surface area contributed by atoms with Crippen LogP contribution in [-0.4, -0.2) is 14.7 Å². The fourth-order valence-corrected chi connectivity index (χ4v) is 8.70. The van der Waals surface area contributed by atoms with Crippen LogP contribution in [0.3, 0.4) is 0 Å². The van der Waals surface area contributed by atoms with Crippen LogP contribution in [0.15, 0.2) is 78.9 Å². The second-order valence-corrected chi connectivity index (χ2v) is 20.9. The lowest BCUT2D eigenvalue weighted by molar-refractivity contribution is 0.347. The number of aryl methyl sites for hydroxylation is 2. The lowest BCUT2D eigenvalue weighted by Gasteiger charge is -2.29. The first kappa shape index (κ1) is 38.1. The van der Waals surface area contributed by atoms with Crippen molar-refractivity contribution in [3.05, 3.63) is 112 Å². The predicted molar refractivity (Wildman–Crippen MR) is 227 cm³/mol. The Labute approximate surface area is 312 Å². The molecule has 6 aromatic carbocycles. The van der Waals surface area contributed by atoms with Gasteiger partial charge in [-0.25, -0.2) is 0 Å². The van der Waals surface area contributed by atoms with Crippen molar-refractivity contribution in [2.75, 3.05) is 0 Å². The molecule has 6 aromatic rings. The van der Waals surface area contributed by atoms with Gasteiger partial charge in [0, 0.05) is 11.1 Å². The average molecular weight is 714 g/mol. The monoisotopic (exact) mass is 713 g/mol. The first-order valence-corrected chi connectivity index (χ1v) is 20.2. The van der Waals surface area contributed by atoms with E-state index in [4.69, 9.17) is 0 Å². The molecule has 0 fully saturated rings. The molecular weight excluding hydrogens is 655 g/mol. The topological polar surface area (TPSA) is 60.7 Å². The largest absolute Gasteiger partial charge is 0.442 e. The molecule has 272 valence electrons.